The largest absolute Gasteiger partial charge is 0.456 e. The van der Waals surface area contributed by atoms with Crippen LogP contribution in [0.4, 0.5) is 0 Å². The zero-order chi connectivity index (χ0) is 30.4. The van der Waals surface area contributed by atoms with Gasteiger partial charge < -0.3 is 8.83 Å². The van der Waals surface area contributed by atoms with Crippen LogP contribution in [0.15, 0.2) is 75.6 Å². The fourth-order valence-electron chi connectivity index (χ4n) is 6.73. The zero-order valence-corrected chi connectivity index (χ0v) is 27.4. The van der Waals surface area contributed by atoms with Crippen molar-refractivity contribution in [3.8, 4) is 0 Å². The molecule has 0 saturated heterocycles. The van der Waals surface area contributed by atoms with E-state index in [0.717, 1.165) is 28.8 Å². The van der Waals surface area contributed by atoms with E-state index < -0.39 is 0 Å². The Labute approximate surface area is 251 Å². The van der Waals surface area contributed by atoms with Crippen molar-refractivity contribution in [2.75, 3.05) is 0 Å². The fraction of sp³-hybridized carbons (Fsp3) is 0.400. The molecule has 4 aromatic carbocycles. The average molecular weight is 559 g/mol. The zero-order valence-electron chi connectivity index (χ0n) is 27.4. The Morgan fingerprint density at radius 1 is 0.500 bits per heavy atom. The third-order valence-electron chi connectivity index (χ3n) is 9.01. The topological polar surface area (TPSA) is 26.3 Å². The van der Waals surface area contributed by atoms with Crippen molar-refractivity contribution >= 4 is 43.9 Å². The van der Waals surface area contributed by atoms with Crippen molar-refractivity contribution in [3.63, 3.8) is 0 Å². The van der Waals surface area contributed by atoms with E-state index in [1.165, 1.54) is 49.4 Å². The highest BCUT2D eigenvalue weighted by Gasteiger charge is 2.30. The monoisotopic (exact) mass is 558 g/mol. The van der Waals surface area contributed by atoms with Crippen LogP contribution in [-0.4, -0.2) is 0 Å². The quantitative estimate of drug-likeness (QED) is 0.216. The number of para-hydroxylation sites is 1. The van der Waals surface area contributed by atoms with Crippen LogP contribution in [-0.2, 0) is 28.1 Å². The molecule has 2 nitrogen and oxygen atoms in total. The van der Waals surface area contributed by atoms with E-state index in [9.17, 15) is 0 Å². The molecular weight excluding hydrogens is 512 g/mol. The van der Waals surface area contributed by atoms with Crippen LogP contribution in [0, 0.1) is 0 Å². The van der Waals surface area contributed by atoms with Gasteiger partial charge >= 0.3 is 0 Å². The third-order valence-corrected chi connectivity index (χ3v) is 9.01. The van der Waals surface area contributed by atoms with E-state index >= 15 is 0 Å². The molecule has 6 aromatic rings. The van der Waals surface area contributed by atoms with Crippen LogP contribution in [0.2, 0.25) is 0 Å². The molecule has 0 aliphatic rings. The molecule has 0 atom stereocenters. The molecule has 0 aliphatic carbocycles. The van der Waals surface area contributed by atoms with E-state index in [1.54, 1.807) is 0 Å². The first-order valence-electron chi connectivity index (χ1n) is 15.4. The molecular formula is C40H46O2. The lowest BCUT2D eigenvalue weighted by Gasteiger charge is -2.27. The number of rotatable bonds is 3. The van der Waals surface area contributed by atoms with E-state index in [4.69, 9.17) is 8.83 Å². The maximum Gasteiger partial charge on any atom is 0.139 e. The Morgan fingerprint density at radius 3 is 1.81 bits per heavy atom. The Balaban J connectivity index is 1.51. The number of furan rings is 2. The molecule has 2 heterocycles. The van der Waals surface area contributed by atoms with Crippen molar-refractivity contribution in [2.45, 2.75) is 104 Å². The van der Waals surface area contributed by atoms with E-state index in [0.29, 0.717) is 0 Å². The first-order chi connectivity index (χ1) is 19.4. The lowest BCUT2D eigenvalue weighted by Crippen LogP contribution is -2.21. The highest BCUT2D eigenvalue weighted by atomic mass is 16.3. The molecule has 0 unspecified atom stereocenters. The number of benzene rings is 4. The van der Waals surface area contributed by atoms with Crippen LogP contribution in [0.3, 0.4) is 0 Å². The predicted octanol–water partition coefficient (Wildman–Crippen LogP) is 11.9. The minimum absolute atomic E-state index is 0.0286. The second-order valence-corrected chi connectivity index (χ2v) is 16.1. The fourth-order valence-corrected chi connectivity index (χ4v) is 6.73. The highest BCUT2D eigenvalue weighted by Crippen LogP contribution is 2.44. The first kappa shape index (κ1) is 28.6. The third kappa shape index (κ3) is 4.74. The summed E-state index contributed by atoms with van der Waals surface area (Å²) in [4.78, 5) is 0. The standard InChI is InChI=1S/C40H46O2/c1-37(2,3)25-18-19-31-27(22-25)35-30(39(7,8)9)20-24(21-33(35)41-31)23-40(10,11)29-16-12-14-26-34-28(38(4,5)6)15-13-17-32(34)42-36(26)29/h12-22H,23H2,1-11H3. The van der Waals surface area contributed by atoms with Gasteiger partial charge in [-0.15, -0.1) is 0 Å². The molecule has 0 bridgehead atoms. The summed E-state index contributed by atoms with van der Waals surface area (Å²) in [6.45, 7) is 25.3. The maximum absolute atomic E-state index is 6.65. The summed E-state index contributed by atoms with van der Waals surface area (Å²) in [5, 5.41) is 4.92. The van der Waals surface area contributed by atoms with Gasteiger partial charge in [0.25, 0.3) is 0 Å². The second-order valence-electron chi connectivity index (χ2n) is 16.1. The molecule has 0 aliphatic heterocycles. The average Bonchev–Trinajstić information content (AvgIpc) is 3.43. The van der Waals surface area contributed by atoms with Gasteiger partial charge in [0.05, 0.1) is 0 Å². The summed E-state index contributed by atoms with van der Waals surface area (Å²) in [5.41, 5.74) is 10.3. The van der Waals surface area contributed by atoms with Gasteiger partial charge in [-0.25, -0.2) is 0 Å². The smallest absolute Gasteiger partial charge is 0.139 e. The molecule has 0 spiro atoms. The van der Waals surface area contributed by atoms with Crippen molar-refractivity contribution in [3.05, 3.63) is 94.5 Å². The molecule has 0 fully saturated rings. The van der Waals surface area contributed by atoms with Crippen molar-refractivity contribution in [1.82, 2.24) is 0 Å². The highest BCUT2D eigenvalue weighted by molar-refractivity contribution is 6.09. The van der Waals surface area contributed by atoms with Crippen LogP contribution in [0.5, 0.6) is 0 Å². The minimum atomic E-state index is -0.163. The second kappa shape index (κ2) is 9.24. The molecule has 2 heteroatoms. The Bertz CT molecular complexity index is 1970. The lowest BCUT2D eigenvalue weighted by atomic mass is 9.76. The summed E-state index contributed by atoms with van der Waals surface area (Å²) in [5.74, 6) is 0. The van der Waals surface area contributed by atoms with Crippen LogP contribution < -0.4 is 0 Å². The van der Waals surface area contributed by atoms with Gasteiger partial charge in [0.2, 0.25) is 0 Å². The molecule has 0 amide bonds. The summed E-state index contributed by atoms with van der Waals surface area (Å²) >= 11 is 0. The molecule has 0 N–H and O–H groups in total. The lowest BCUT2D eigenvalue weighted by molar-refractivity contribution is 0.513. The SMILES string of the molecule is CC(C)(C)c1ccc2oc3cc(CC(C)(C)c4cccc5c4oc4cccc(C(C)(C)C)c45)cc(C(C)(C)C)c3c2c1. The molecule has 0 radical (unpaired) electrons. The number of fused-ring (bicyclic) bond motifs is 6. The van der Waals surface area contributed by atoms with Gasteiger partial charge in [-0.05, 0) is 74.6 Å². The van der Waals surface area contributed by atoms with Gasteiger partial charge in [0, 0.05) is 27.1 Å². The van der Waals surface area contributed by atoms with Gasteiger partial charge in [0.1, 0.15) is 22.3 Å². The van der Waals surface area contributed by atoms with Crippen molar-refractivity contribution in [1.29, 1.82) is 0 Å². The minimum Gasteiger partial charge on any atom is -0.456 e. The van der Waals surface area contributed by atoms with Crippen LogP contribution >= 0.6 is 0 Å². The first-order valence-corrected chi connectivity index (χ1v) is 15.4. The summed E-state index contributed by atoms with van der Waals surface area (Å²) in [6.07, 6.45) is 0.874. The summed E-state index contributed by atoms with van der Waals surface area (Å²) < 4.78 is 13.2. The molecule has 6 rings (SSSR count). The van der Waals surface area contributed by atoms with Crippen molar-refractivity contribution < 1.29 is 8.83 Å². The summed E-state index contributed by atoms with van der Waals surface area (Å²) in [7, 11) is 0. The number of hydrogen-bond acceptors (Lipinski definition) is 2. The number of hydrogen-bond donors (Lipinski definition) is 0. The van der Waals surface area contributed by atoms with Gasteiger partial charge in [-0.2, -0.15) is 0 Å². The Kier molecular flexibility index (Phi) is 6.29. The Morgan fingerprint density at radius 2 is 1.14 bits per heavy atom. The summed E-state index contributed by atoms with van der Waals surface area (Å²) in [6, 6.07) is 24.6. The molecule has 218 valence electrons. The van der Waals surface area contributed by atoms with E-state index in [-0.39, 0.29) is 21.7 Å². The normalized spacial score (nSPS) is 13.7. The van der Waals surface area contributed by atoms with E-state index in [2.05, 4.69) is 143 Å². The van der Waals surface area contributed by atoms with Crippen LogP contribution in [0.1, 0.15) is 104 Å². The van der Waals surface area contributed by atoms with Gasteiger partial charge in [-0.1, -0.05) is 119 Å². The van der Waals surface area contributed by atoms with Crippen LogP contribution in [0.25, 0.3) is 43.9 Å². The van der Waals surface area contributed by atoms with Crippen molar-refractivity contribution in [2.24, 2.45) is 0 Å². The maximum atomic E-state index is 6.65. The predicted molar refractivity (Wildman–Crippen MR) is 180 cm³/mol. The van der Waals surface area contributed by atoms with E-state index in [1.807, 2.05) is 0 Å². The van der Waals surface area contributed by atoms with Gasteiger partial charge in [0.15, 0.2) is 0 Å². The van der Waals surface area contributed by atoms with Gasteiger partial charge in [-0.3, -0.25) is 0 Å². The molecule has 0 saturated carbocycles. The molecule has 42 heavy (non-hydrogen) atoms. The molecule has 2 aromatic heterocycles. The Hall–Kier alpha value is -3.52.